The first kappa shape index (κ1) is 8.53. The molecule has 0 bridgehead atoms. The van der Waals surface area contributed by atoms with Crippen molar-refractivity contribution < 1.29 is 9.53 Å². The van der Waals surface area contributed by atoms with E-state index in [9.17, 15) is 4.79 Å². The van der Waals surface area contributed by atoms with E-state index in [1.165, 1.54) is 0 Å². The molecule has 0 saturated carbocycles. The average Bonchev–Trinajstić information content (AvgIpc) is 2.34. The van der Waals surface area contributed by atoms with E-state index >= 15 is 0 Å². The van der Waals surface area contributed by atoms with Crippen molar-refractivity contribution in [3.63, 3.8) is 0 Å². The largest absolute Gasteiger partial charge is 0.362 e. The minimum absolute atomic E-state index is 0.0439. The Morgan fingerprint density at radius 2 is 2.45 bits per heavy atom. The molecule has 11 heavy (non-hydrogen) atoms. The topological polar surface area (TPSA) is 29.5 Å². The van der Waals surface area contributed by atoms with Gasteiger partial charge in [0.2, 0.25) is 5.91 Å². The summed E-state index contributed by atoms with van der Waals surface area (Å²) in [6.07, 6.45) is 2.56. The molecule has 1 amide bonds. The van der Waals surface area contributed by atoms with Crippen molar-refractivity contribution in [3.8, 4) is 0 Å². The molecule has 1 unspecified atom stereocenters. The highest BCUT2D eigenvalue weighted by atomic mass is 16.5. The minimum Gasteiger partial charge on any atom is -0.362 e. The lowest BCUT2D eigenvalue weighted by Crippen LogP contribution is -2.34. The fraction of sp³-hybridized carbons (Fsp3) is 0.875. The molecular formula is C8H15NO2. The quantitative estimate of drug-likeness (QED) is 0.611. The Kier molecular flexibility index (Phi) is 2.88. The van der Waals surface area contributed by atoms with Gasteiger partial charge in [-0.2, -0.15) is 0 Å². The zero-order valence-corrected chi connectivity index (χ0v) is 7.17. The van der Waals surface area contributed by atoms with Gasteiger partial charge in [-0.1, -0.05) is 6.92 Å². The summed E-state index contributed by atoms with van der Waals surface area (Å²) in [5, 5.41) is 0. The van der Waals surface area contributed by atoms with E-state index in [1.54, 1.807) is 7.11 Å². The summed E-state index contributed by atoms with van der Waals surface area (Å²) in [4.78, 5) is 13.0. The first-order valence-corrected chi connectivity index (χ1v) is 4.12. The third kappa shape index (κ3) is 1.71. The molecular weight excluding hydrogens is 142 g/mol. The Morgan fingerprint density at radius 3 is 3.00 bits per heavy atom. The van der Waals surface area contributed by atoms with Gasteiger partial charge >= 0.3 is 0 Å². The van der Waals surface area contributed by atoms with Crippen LogP contribution in [-0.2, 0) is 9.53 Å². The van der Waals surface area contributed by atoms with Gasteiger partial charge in [0.05, 0.1) is 0 Å². The summed E-state index contributed by atoms with van der Waals surface area (Å²) < 4.78 is 5.15. The molecule has 64 valence electrons. The fourth-order valence-electron chi connectivity index (χ4n) is 1.46. The number of rotatable bonds is 3. The SMILES string of the molecule is CCCN1C(=O)CCC1OC. The van der Waals surface area contributed by atoms with E-state index < -0.39 is 0 Å². The van der Waals surface area contributed by atoms with Crippen LogP contribution in [0.25, 0.3) is 0 Å². The van der Waals surface area contributed by atoms with Crippen molar-refractivity contribution >= 4 is 5.91 Å². The first-order chi connectivity index (χ1) is 5.29. The number of carbonyl (C=O) groups is 1. The third-order valence-electron chi connectivity index (χ3n) is 2.01. The molecule has 0 spiro atoms. The van der Waals surface area contributed by atoms with Crippen LogP contribution in [0, 0.1) is 0 Å². The second kappa shape index (κ2) is 3.72. The molecule has 0 aromatic heterocycles. The summed E-state index contributed by atoms with van der Waals surface area (Å²) in [6, 6.07) is 0. The molecule has 1 atom stereocenters. The summed E-state index contributed by atoms with van der Waals surface area (Å²) in [5.41, 5.74) is 0. The number of carbonyl (C=O) groups excluding carboxylic acids is 1. The highest BCUT2D eigenvalue weighted by Gasteiger charge is 2.29. The molecule has 0 aromatic rings. The molecule has 1 aliphatic heterocycles. The summed E-state index contributed by atoms with van der Waals surface area (Å²) >= 11 is 0. The van der Waals surface area contributed by atoms with Crippen LogP contribution in [0.5, 0.6) is 0 Å². The van der Waals surface area contributed by atoms with Crippen molar-refractivity contribution in [2.75, 3.05) is 13.7 Å². The lowest BCUT2D eigenvalue weighted by Gasteiger charge is -2.22. The Bertz CT molecular complexity index is 147. The van der Waals surface area contributed by atoms with Crippen LogP contribution in [0.3, 0.4) is 0 Å². The zero-order chi connectivity index (χ0) is 8.27. The number of methoxy groups -OCH3 is 1. The molecule has 3 heteroatoms. The van der Waals surface area contributed by atoms with Gasteiger partial charge in [0.25, 0.3) is 0 Å². The van der Waals surface area contributed by atoms with Gasteiger partial charge in [0.1, 0.15) is 6.23 Å². The molecule has 0 aliphatic carbocycles. The summed E-state index contributed by atoms with van der Waals surface area (Å²) in [6.45, 7) is 2.90. The zero-order valence-electron chi connectivity index (χ0n) is 7.17. The first-order valence-electron chi connectivity index (χ1n) is 4.12. The van der Waals surface area contributed by atoms with Gasteiger partial charge in [-0.3, -0.25) is 4.79 Å². The predicted molar refractivity (Wildman–Crippen MR) is 42.0 cm³/mol. The molecule has 0 N–H and O–H groups in total. The van der Waals surface area contributed by atoms with E-state index in [0.717, 1.165) is 19.4 Å². The Balaban J connectivity index is 2.49. The second-order valence-corrected chi connectivity index (χ2v) is 2.82. The standard InChI is InChI=1S/C8H15NO2/c1-3-6-9-7(10)4-5-8(9)11-2/h8H,3-6H2,1-2H3. The average molecular weight is 157 g/mol. The van der Waals surface area contributed by atoms with E-state index in [-0.39, 0.29) is 12.1 Å². The number of likely N-dealkylation sites (tertiary alicyclic amines) is 1. The molecule has 3 nitrogen and oxygen atoms in total. The van der Waals surface area contributed by atoms with Gasteiger partial charge in [-0.15, -0.1) is 0 Å². The monoisotopic (exact) mass is 157 g/mol. The lowest BCUT2D eigenvalue weighted by atomic mass is 10.3. The van der Waals surface area contributed by atoms with Crippen molar-refractivity contribution in [3.05, 3.63) is 0 Å². The molecule has 1 rings (SSSR count). The van der Waals surface area contributed by atoms with Crippen LogP contribution in [0.4, 0.5) is 0 Å². The maximum atomic E-state index is 11.2. The van der Waals surface area contributed by atoms with Crippen LogP contribution >= 0.6 is 0 Å². The van der Waals surface area contributed by atoms with Crippen molar-refractivity contribution in [1.29, 1.82) is 0 Å². The van der Waals surface area contributed by atoms with Gasteiger partial charge in [0.15, 0.2) is 0 Å². The van der Waals surface area contributed by atoms with Crippen LogP contribution in [0.2, 0.25) is 0 Å². The number of amides is 1. The number of hydrogen-bond acceptors (Lipinski definition) is 2. The highest BCUT2D eigenvalue weighted by Crippen LogP contribution is 2.18. The van der Waals surface area contributed by atoms with Crippen molar-refractivity contribution in [2.24, 2.45) is 0 Å². The normalized spacial score (nSPS) is 24.7. The van der Waals surface area contributed by atoms with Crippen molar-refractivity contribution in [1.82, 2.24) is 4.90 Å². The second-order valence-electron chi connectivity index (χ2n) is 2.82. The van der Waals surface area contributed by atoms with Gasteiger partial charge < -0.3 is 9.64 Å². The van der Waals surface area contributed by atoms with Crippen LogP contribution in [-0.4, -0.2) is 30.7 Å². The van der Waals surface area contributed by atoms with E-state index in [1.807, 2.05) is 4.90 Å². The molecule has 1 heterocycles. The van der Waals surface area contributed by atoms with E-state index in [2.05, 4.69) is 6.92 Å². The fourth-order valence-corrected chi connectivity index (χ4v) is 1.46. The Hall–Kier alpha value is -0.570. The molecule has 0 radical (unpaired) electrons. The minimum atomic E-state index is 0.0439. The number of hydrogen-bond donors (Lipinski definition) is 0. The van der Waals surface area contributed by atoms with Crippen LogP contribution in [0.15, 0.2) is 0 Å². The number of nitrogens with zero attached hydrogens (tertiary/aromatic N) is 1. The maximum absolute atomic E-state index is 11.2. The van der Waals surface area contributed by atoms with E-state index in [0.29, 0.717) is 6.42 Å². The predicted octanol–water partition coefficient (Wildman–Crippen LogP) is 0.991. The van der Waals surface area contributed by atoms with Crippen molar-refractivity contribution in [2.45, 2.75) is 32.4 Å². The Labute approximate surface area is 67.3 Å². The lowest BCUT2D eigenvalue weighted by molar-refractivity contribution is -0.134. The van der Waals surface area contributed by atoms with Gasteiger partial charge in [0, 0.05) is 26.5 Å². The van der Waals surface area contributed by atoms with Gasteiger partial charge in [-0.25, -0.2) is 0 Å². The highest BCUT2D eigenvalue weighted by molar-refractivity contribution is 5.78. The van der Waals surface area contributed by atoms with Gasteiger partial charge in [-0.05, 0) is 6.42 Å². The summed E-state index contributed by atoms with van der Waals surface area (Å²) in [7, 11) is 1.66. The van der Waals surface area contributed by atoms with Crippen LogP contribution < -0.4 is 0 Å². The molecule has 0 aromatic carbocycles. The molecule has 1 aliphatic rings. The Morgan fingerprint density at radius 1 is 1.73 bits per heavy atom. The molecule has 1 saturated heterocycles. The summed E-state index contributed by atoms with van der Waals surface area (Å²) in [5.74, 6) is 0.235. The smallest absolute Gasteiger partial charge is 0.224 e. The molecule has 1 fully saturated rings. The third-order valence-corrected chi connectivity index (χ3v) is 2.01. The number of ether oxygens (including phenoxy) is 1. The van der Waals surface area contributed by atoms with E-state index in [4.69, 9.17) is 4.74 Å². The maximum Gasteiger partial charge on any atom is 0.224 e. The van der Waals surface area contributed by atoms with Crippen LogP contribution in [0.1, 0.15) is 26.2 Å².